The minimum absolute atomic E-state index is 0.0547. The normalized spacial score (nSPS) is 22.9. The molecule has 0 unspecified atom stereocenters. The van der Waals surface area contributed by atoms with E-state index in [0.717, 1.165) is 37.8 Å². The highest BCUT2D eigenvalue weighted by Gasteiger charge is 2.48. The molecule has 27 heavy (non-hydrogen) atoms. The summed E-state index contributed by atoms with van der Waals surface area (Å²) in [6, 6.07) is 7.66. The molecule has 1 saturated carbocycles. The molecule has 2 aliphatic rings. The zero-order chi connectivity index (χ0) is 19.0. The van der Waals surface area contributed by atoms with Crippen molar-refractivity contribution in [3.63, 3.8) is 0 Å². The molecule has 2 aromatic rings. The van der Waals surface area contributed by atoms with Crippen LogP contribution in [0.15, 0.2) is 34.9 Å². The first-order chi connectivity index (χ1) is 13.0. The quantitative estimate of drug-likeness (QED) is 0.878. The van der Waals surface area contributed by atoms with E-state index in [2.05, 4.69) is 5.32 Å². The summed E-state index contributed by atoms with van der Waals surface area (Å²) >= 11 is 0. The molecule has 0 radical (unpaired) electrons. The van der Waals surface area contributed by atoms with Crippen LogP contribution < -0.4 is 5.32 Å². The smallest absolute Gasteiger partial charge is 0.271 e. The van der Waals surface area contributed by atoms with Crippen LogP contribution in [-0.4, -0.2) is 39.4 Å². The van der Waals surface area contributed by atoms with Gasteiger partial charge in [-0.05, 0) is 50.5 Å². The Bertz CT molecular complexity index is 833. The van der Waals surface area contributed by atoms with Crippen molar-refractivity contribution in [2.24, 2.45) is 0 Å². The fourth-order valence-electron chi connectivity index (χ4n) is 4.40. The number of amides is 2. The van der Waals surface area contributed by atoms with Gasteiger partial charge in [0, 0.05) is 12.6 Å². The molecular formula is C21H27N3O3. The Labute approximate surface area is 159 Å². The summed E-state index contributed by atoms with van der Waals surface area (Å²) in [5.41, 5.74) is 0.531. The second-order valence-corrected chi connectivity index (χ2v) is 7.85. The lowest BCUT2D eigenvalue weighted by Crippen LogP contribution is -2.64. The van der Waals surface area contributed by atoms with Crippen LogP contribution in [0.25, 0.3) is 11.5 Å². The number of rotatable bonds is 5. The van der Waals surface area contributed by atoms with E-state index in [1.54, 1.807) is 11.2 Å². The number of nitrogens with zero attached hydrogens (tertiary/aromatic N) is 2. The average Bonchev–Trinajstić information content (AvgIpc) is 3.39. The monoisotopic (exact) mass is 369 g/mol. The van der Waals surface area contributed by atoms with E-state index < -0.39 is 5.54 Å². The van der Waals surface area contributed by atoms with Crippen molar-refractivity contribution < 1.29 is 14.0 Å². The van der Waals surface area contributed by atoms with Gasteiger partial charge in [0.1, 0.15) is 17.0 Å². The van der Waals surface area contributed by atoms with Gasteiger partial charge in [-0.1, -0.05) is 19.8 Å². The minimum atomic E-state index is -0.914. The zero-order valence-electron chi connectivity index (χ0n) is 16.0. The Kier molecular flexibility index (Phi) is 4.58. The molecule has 4 rings (SSSR count). The van der Waals surface area contributed by atoms with Gasteiger partial charge in [-0.15, -0.1) is 0 Å². The summed E-state index contributed by atoms with van der Waals surface area (Å²) < 4.78 is 7.48. The molecule has 2 aromatic heterocycles. The van der Waals surface area contributed by atoms with Gasteiger partial charge in [0.2, 0.25) is 5.91 Å². The molecule has 2 amide bonds. The van der Waals surface area contributed by atoms with Gasteiger partial charge in [-0.2, -0.15) is 0 Å². The number of fused-ring (bicyclic) bond motifs is 1. The van der Waals surface area contributed by atoms with E-state index in [9.17, 15) is 9.59 Å². The molecule has 0 spiro atoms. The Morgan fingerprint density at radius 3 is 2.67 bits per heavy atom. The molecule has 0 aromatic carbocycles. The van der Waals surface area contributed by atoms with Gasteiger partial charge < -0.3 is 19.2 Å². The molecule has 1 fully saturated rings. The summed E-state index contributed by atoms with van der Waals surface area (Å²) in [7, 11) is 0. The van der Waals surface area contributed by atoms with Crippen LogP contribution in [0.1, 0.15) is 56.4 Å². The number of hydrogen-bond donors (Lipinski definition) is 1. The van der Waals surface area contributed by atoms with Crippen LogP contribution >= 0.6 is 0 Å². The largest absolute Gasteiger partial charge is 0.463 e. The van der Waals surface area contributed by atoms with Crippen molar-refractivity contribution in [1.29, 1.82) is 0 Å². The summed E-state index contributed by atoms with van der Waals surface area (Å²) in [6.07, 6.45) is 6.79. The SMILES string of the molecule is CCCN1C(=O)c2ccc(-c3ccco3)n2C[C@@]1(C)C(=O)NC1CCCC1. The van der Waals surface area contributed by atoms with Crippen molar-refractivity contribution >= 4 is 11.8 Å². The molecule has 1 atom stereocenters. The van der Waals surface area contributed by atoms with Crippen molar-refractivity contribution in [2.75, 3.05) is 6.54 Å². The lowest BCUT2D eigenvalue weighted by atomic mass is 9.93. The highest BCUT2D eigenvalue weighted by molar-refractivity contribution is 6.00. The maximum Gasteiger partial charge on any atom is 0.271 e. The van der Waals surface area contributed by atoms with E-state index in [-0.39, 0.29) is 17.9 Å². The first kappa shape index (κ1) is 17.9. The van der Waals surface area contributed by atoms with Gasteiger partial charge in [0.05, 0.1) is 18.5 Å². The Balaban J connectivity index is 1.71. The molecule has 3 heterocycles. The second-order valence-electron chi connectivity index (χ2n) is 7.85. The Morgan fingerprint density at radius 2 is 2.00 bits per heavy atom. The fraction of sp³-hybridized carbons (Fsp3) is 0.524. The van der Waals surface area contributed by atoms with E-state index >= 15 is 0 Å². The Morgan fingerprint density at radius 1 is 1.26 bits per heavy atom. The number of furan rings is 1. The van der Waals surface area contributed by atoms with Crippen molar-refractivity contribution in [3.05, 3.63) is 36.2 Å². The van der Waals surface area contributed by atoms with Gasteiger partial charge in [0.15, 0.2) is 0 Å². The Hall–Kier alpha value is -2.50. The fourth-order valence-corrected chi connectivity index (χ4v) is 4.40. The molecule has 6 heteroatoms. The third kappa shape index (κ3) is 2.97. The average molecular weight is 369 g/mol. The first-order valence-electron chi connectivity index (χ1n) is 9.91. The van der Waals surface area contributed by atoms with Crippen molar-refractivity contribution in [1.82, 2.24) is 14.8 Å². The topological polar surface area (TPSA) is 67.5 Å². The highest BCUT2D eigenvalue weighted by atomic mass is 16.3. The van der Waals surface area contributed by atoms with E-state index in [1.165, 1.54) is 0 Å². The first-order valence-corrected chi connectivity index (χ1v) is 9.91. The molecule has 1 N–H and O–H groups in total. The third-order valence-corrected chi connectivity index (χ3v) is 5.91. The highest BCUT2D eigenvalue weighted by Crippen LogP contribution is 2.33. The molecule has 0 saturated heterocycles. The van der Waals surface area contributed by atoms with Gasteiger partial charge >= 0.3 is 0 Å². The summed E-state index contributed by atoms with van der Waals surface area (Å²) in [6.45, 7) is 4.91. The van der Waals surface area contributed by atoms with Crippen molar-refractivity contribution in [3.8, 4) is 11.5 Å². The van der Waals surface area contributed by atoms with Gasteiger partial charge in [-0.3, -0.25) is 9.59 Å². The third-order valence-electron chi connectivity index (χ3n) is 5.91. The summed E-state index contributed by atoms with van der Waals surface area (Å²) in [5.74, 6) is 0.558. The lowest BCUT2D eigenvalue weighted by molar-refractivity contribution is -0.133. The number of nitrogens with one attached hydrogen (secondary N) is 1. The summed E-state index contributed by atoms with van der Waals surface area (Å²) in [5, 5.41) is 3.21. The number of hydrogen-bond acceptors (Lipinski definition) is 3. The van der Waals surface area contributed by atoms with Crippen LogP contribution in [-0.2, 0) is 11.3 Å². The standard InChI is InChI=1S/C21H27N3O3/c1-3-12-24-19(25)17-11-10-16(18-9-6-13-27-18)23(17)14-21(24,2)20(26)22-15-7-4-5-8-15/h6,9-11,13,15H,3-5,7-8,12,14H2,1-2H3,(H,22,26)/t21-/m0/s1. The number of carbonyl (C=O) groups is 2. The molecule has 6 nitrogen and oxygen atoms in total. The van der Waals surface area contributed by atoms with Crippen LogP contribution in [0, 0.1) is 0 Å². The molecule has 1 aliphatic carbocycles. The van der Waals surface area contributed by atoms with Crippen LogP contribution in [0.3, 0.4) is 0 Å². The lowest BCUT2D eigenvalue weighted by Gasteiger charge is -2.44. The summed E-state index contributed by atoms with van der Waals surface area (Å²) in [4.78, 5) is 28.3. The van der Waals surface area contributed by atoms with Crippen LogP contribution in [0.2, 0.25) is 0 Å². The molecular weight excluding hydrogens is 342 g/mol. The maximum absolute atomic E-state index is 13.3. The van der Waals surface area contributed by atoms with Gasteiger partial charge in [0.25, 0.3) is 5.91 Å². The van der Waals surface area contributed by atoms with Crippen LogP contribution in [0.5, 0.6) is 0 Å². The zero-order valence-corrected chi connectivity index (χ0v) is 16.0. The number of aromatic nitrogens is 1. The minimum Gasteiger partial charge on any atom is -0.463 e. The predicted octanol–water partition coefficient (Wildman–Crippen LogP) is 3.43. The number of carbonyl (C=O) groups excluding carboxylic acids is 2. The van der Waals surface area contributed by atoms with E-state index in [1.807, 2.05) is 42.7 Å². The van der Waals surface area contributed by atoms with E-state index in [4.69, 9.17) is 4.42 Å². The predicted molar refractivity (Wildman–Crippen MR) is 102 cm³/mol. The maximum atomic E-state index is 13.3. The second kappa shape index (κ2) is 6.91. The molecule has 1 aliphatic heterocycles. The molecule has 0 bridgehead atoms. The van der Waals surface area contributed by atoms with Gasteiger partial charge in [-0.25, -0.2) is 0 Å². The molecule has 144 valence electrons. The van der Waals surface area contributed by atoms with E-state index in [0.29, 0.717) is 24.5 Å². The van der Waals surface area contributed by atoms with Crippen LogP contribution in [0.4, 0.5) is 0 Å². The van der Waals surface area contributed by atoms with Crippen molar-refractivity contribution in [2.45, 2.75) is 64.1 Å².